The van der Waals surface area contributed by atoms with E-state index in [1.54, 1.807) is 0 Å². The molecule has 0 saturated carbocycles. The van der Waals surface area contributed by atoms with Crippen LogP contribution in [-0.4, -0.2) is 0 Å². The van der Waals surface area contributed by atoms with Crippen LogP contribution in [0.1, 0.15) is 20.9 Å². The number of hydrogen-bond donors (Lipinski definition) is 0. The number of rotatable bonds is 4. The van der Waals surface area contributed by atoms with Gasteiger partial charge in [0.2, 0.25) is 0 Å². The maximum Gasteiger partial charge on any atom is 0.0911 e. The van der Waals surface area contributed by atoms with Crippen molar-refractivity contribution in [3.8, 4) is 33.4 Å². The molecule has 0 spiro atoms. The van der Waals surface area contributed by atoms with Crippen LogP contribution in [-0.2, 0) is 5.41 Å². The van der Waals surface area contributed by atoms with Gasteiger partial charge in [-0.05, 0) is 67.4 Å². The number of benzene rings is 4. The topological polar surface area (TPSA) is 0 Å². The zero-order valence-electron chi connectivity index (χ0n) is 19.0. The largest absolute Gasteiger partial charge is 0.147 e. The molecule has 1 aliphatic carbocycles. The Hall–Kier alpha value is -3.72. The van der Waals surface area contributed by atoms with E-state index in [2.05, 4.69) is 132 Å². The van der Waals surface area contributed by atoms with Crippen LogP contribution in [0.3, 0.4) is 0 Å². The number of thiophene rings is 2. The van der Waals surface area contributed by atoms with Gasteiger partial charge in [-0.2, -0.15) is 0 Å². The highest BCUT2D eigenvalue weighted by atomic mass is 32.1. The molecule has 0 N–H and O–H groups in total. The smallest absolute Gasteiger partial charge is 0.0911 e. The predicted molar refractivity (Wildman–Crippen MR) is 150 cm³/mol. The van der Waals surface area contributed by atoms with Crippen molar-refractivity contribution in [1.82, 2.24) is 0 Å². The van der Waals surface area contributed by atoms with Crippen LogP contribution in [0, 0.1) is 0 Å². The van der Waals surface area contributed by atoms with E-state index in [1.165, 1.54) is 54.3 Å². The van der Waals surface area contributed by atoms with E-state index >= 15 is 0 Å². The Morgan fingerprint density at radius 3 is 1.23 bits per heavy atom. The van der Waals surface area contributed by atoms with E-state index in [1.807, 2.05) is 22.7 Å². The molecule has 0 unspecified atom stereocenters. The molecule has 2 heteroatoms. The highest BCUT2D eigenvalue weighted by molar-refractivity contribution is 7.12. The molecule has 6 aromatic rings. The minimum Gasteiger partial charge on any atom is -0.147 e. The van der Waals surface area contributed by atoms with Crippen molar-refractivity contribution in [2.45, 2.75) is 5.41 Å². The van der Waals surface area contributed by atoms with E-state index in [0.29, 0.717) is 0 Å². The van der Waals surface area contributed by atoms with Crippen LogP contribution < -0.4 is 0 Å². The summed E-state index contributed by atoms with van der Waals surface area (Å²) in [6.07, 6.45) is 0. The fourth-order valence-electron chi connectivity index (χ4n) is 5.72. The van der Waals surface area contributed by atoms with Gasteiger partial charge in [-0.3, -0.25) is 0 Å². The third-order valence-electron chi connectivity index (χ3n) is 7.13. The van der Waals surface area contributed by atoms with E-state index in [-0.39, 0.29) is 5.41 Å². The van der Waals surface area contributed by atoms with E-state index in [4.69, 9.17) is 0 Å². The van der Waals surface area contributed by atoms with Gasteiger partial charge in [0.05, 0.1) is 5.41 Å². The maximum atomic E-state index is 2.35. The SMILES string of the molecule is c1ccc(-c2ccsc2C2(c3sccc3-c3ccccc3)c3ccccc3-c3ccccc32)cc1. The first kappa shape index (κ1) is 20.6. The third kappa shape index (κ3) is 2.97. The first-order valence-electron chi connectivity index (χ1n) is 11.8. The van der Waals surface area contributed by atoms with Crippen LogP contribution in [0.25, 0.3) is 33.4 Å². The zero-order valence-corrected chi connectivity index (χ0v) is 20.7. The zero-order chi connectivity index (χ0) is 23.2. The quantitative estimate of drug-likeness (QED) is 0.234. The molecule has 0 amide bonds. The van der Waals surface area contributed by atoms with E-state index < -0.39 is 0 Å². The van der Waals surface area contributed by atoms with Crippen molar-refractivity contribution in [2.24, 2.45) is 0 Å². The highest BCUT2D eigenvalue weighted by Gasteiger charge is 2.49. The molecule has 4 aromatic carbocycles. The van der Waals surface area contributed by atoms with E-state index in [9.17, 15) is 0 Å². The lowest BCUT2D eigenvalue weighted by atomic mass is 9.72. The molecule has 7 rings (SSSR count). The third-order valence-corrected chi connectivity index (χ3v) is 9.20. The van der Waals surface area contributed by atoms with Gasteiger partial charge in [0.15, 0.2) is 0 Å². The molecule has 0 atom stereocenters. The number of hydrogen-bond acceptors (Lipinski definition) is 2. The van der Waals surface area contributed by atoms with Gasteiger partial charge in [-0.15, -0.1) is 22.7 Å². The molecule has 35 heavy (non-hydrogen) atoms. The monoisotopic (exact) mass is 482 g/mol. The van der Waals surface area contributed by atoms with Crippen molar-refractivity contribution in [2.75, 3.05) is 0 Å². The van der Waals surface area contributed by atoms with Gasteiger partial charge >= 0.3 is 0 Å². The van der Waals surface area contributed by atoms with Crippen LogP contribution in [0.2, 0.25) is 0 Å². The van der Waals surface area contributed by atoms with Crippen molar-refractivity contribution in [1.29, 1.82) is 0 Å². The minimum atomic E-state index is -0.369. The standard InChI is InChI=1S/C33H22S2/c1-3-11-23(12-4-1)25-19-21-34-31(25)33(32-26(20-22-35-32)24-13-5-2-6-14-24)29-17-9-7-15-27(29)28-16-8-10-18-30(28)33/h1-22H. The van der Waals surface area contributed by atoms with Crippen molar-refractivity contribution in [3.63, 3.8) is 0 Å². The average Bonchev–Trinajstić information content (AvgIpc) is 3.67. The Bertz CT molecular complexity index is 1510. The summed E-state index contributed by atoms with van der Waals surface area (Å²) in [6, 6.07) is 44.3. The van der Waals surface area contributed by atoms with E-state index in [0.717, 1.165) is 0 Å². The van der Waals surface area contributed by atoms with Gasteiger partial charge in [0, 0.05) is 9.75 Å². The Morgan fingerprint density at radius 2 is 0.771 bits per heavy atom. The summed E-state index contributed by atoms with van der Waals surface area (Å²) in [5.41, 5.74) is 10.2. The molecule has 166 valence electrons. The lowest BCUT2D eigenvalue weighted by Gasteiger charge is -2.33. The fraction of sp³-hybridized carbons (Fsp3) is 0.0303. The Kier molecular flexibility index (Phi) is 4.83. The molecule has 0 nitrogen and oxygen atoms in total. The predicted octanol–water partition coefficient (Wildman–Crippen LogP) is 9.51. The molecule has 0 saturated heterocycles. The Balaban J connectivity index is 1.64. The van der Waals surface area contributed by atoms with Gasteiger partial charge in [0.25, 0.3) is 0 Å². The van der Waals surface area contributed by atoms with Gasteiger partial charge < -0.3 is 0 Å². The van der Waals surface area contributed by atoms with Gasteiger partial charge in [-0.1, -0.05) is 109 Å². The highest BCUT2D eigenvalue weighted by Crippen LogP contribution is 2.61. The molecule has 0 fully saturated rings. The van der Waals surface area contributed by atoms with Gasteiger partial charge in [-0.25, -0.2) is 0 Å². The first-order valence-corrected chi connectivity index (χ1v) is 13.6. The van der Waals surface area contributed by atoms with Gasteiger partial charge in [0.1, 0.15) is 0 Å². The average molecular weight is 483 g/mol. The molecule has 2 aromatic heterocycles. The summed E-state index contributed by atoms with van der Waals surface area (Å²) in [7, 11) is 0. The van der Waals surface area contributed by atoms with Crippen LogP contribution in [0.5, 0.6) is 0 Å². The Labute approximate surface area is 213 Å². The van der Waals surface area contributed by atoms with Crippen molar-refractivity contribution >= 4 is 22.7 Å². The van der Waals surface area contributed by atoms with Crippen molar-refractivity contribution < 1.29 is 0 Å². The summed E-state index contributed by atoms with van der Waals surface area (Å²) in [6.45, 7) is 0. The molecule has 0 radical (unpaired) electrons. The second kappa shape index (κ2) is 8.20. The van der Waals surface area contributed by atoms with Crippen molar-refractivity contribution in [3.05, 3.63) is 153 Å². The summed E-state index contributed by atoms with van der Waals surface area (Å²) in [5.74, 6) is 0. The second-order valence-corrected chi connectivity index (χ2v) is 10.7. The minimum absolute atomic E-state index is 0.369. The summed E-state index contributed by atoms with van der Waals surface area (Å²) < 4.78 is 0. The normalized spacial score (nSPS) is 13.4. The molecular formula is C33H22S2. The maximum absolute atomic E-state index is 2.35. The summed E-state index contributed by atoms with van der Waals surface area (Å²) >= 11 is 3.75. The molecule has 2 heterocycles. The lowest BCUT2D eigenvalue weighted by Crippen LogP contribution is -2.27. The number of fused-ring (bicyclic) bond motifs is 3. The molecule has 0 aliphatic heterocycles. The summed E-state index contributed by atoms with van der Waals surface area (Å²) in [5, 5.41) is 4.53. The lowest BCUT2D eigenvalue weighted by molar-refractivity contribution is 0.811. The van der Waals surface area contributed by atoms with Crippen LogP contribution in [0.15, 0.2) is 132 Å². The second-order valence-electron chi connectivity index (χ2n) is 8.90. The van der Waals surface area contributed by atoms with Crippen LogP contribution in [0.4, 0.5) is 0 Å². The molecule has 0 bridgehead atoms. The summed E-state index contributed by atoms with van der Waals surface area (Å²) in [4.78, 5) is 2.78. The van der Waals surface area contributed by atoms with Crippen LogP contribution >= 0.6 is 22.7 Å². The fourth-order valence-corrected chi connectivity index (χ4v) is 8.09. The molecule has 1 aliphatic rings. The Morgan fingerprint density at radius 1 is 0.371 bits per heavy atom. The molecular weight excluding hydrogens is 460 g/mol. The first-order chi connectivity index (χ1) is 17.4.